The molecule has 0 aromatic heterocycles. The average Bonchev–Trinajstić information content (AvgIpc) is 2.80. The van der Waals surface area contributed by atoms with E-state index in [-0.39, 0.29) is 21.7 Å². The second-order valence-corrected chi connectivity index (χ2v) is 17.6. The van der Waals surface area contributed by atoms with Crippen LogP contribution in [-0.4, -0.2) is 0 Å². The van der Waals surface area contributed by atoms with Gasteiger partial charge in [-0.2, -0.15) is 0 Å². The number of benzene rings is 3. The summed E-state index contributed by atoms with van der Waals surface area (Å²) < 4.78 is 21.1. The lowest BCUT2D eigenvalue weighted by molar-refractivity contribution is 0.365. The van der Waals surface area contributed by atoms with Gasteiger partial charge in [0.2, 0.25) is 0 Å². The Kier molecular flexibility index (Phi) is 9.85. The van der Waals surface area contributed by atoms with E-state index in [1.165, 1.54) is 16.7 Å². The SMILES string of the molecule is Cc1cc(C)c(OP(Oc2c(C)cc(C)cc2C(C)(C)C)Oc2c(C(C)(C)C)cc(C)cc2C(C)(C)C)c(C(C)(C)C)c1. The molecule has 0 aliphatic carbocycles. The maximum atomic E-state index is 7.12. The van der Waals surface area contributed by atoms with Crippen LogP contribution in [0.5, 0.6) is 17.2 Å². The van der Waals surface area contributed by atoms with Gasteiger partial charge in [0.1, 0.15) is 17.2 Å². The van der Waals surface area contributed by atoms with Crippen molar-refractivity contribution in [1.29, 1.82) is 0 Å². The van der Waals surface area contributed by atoms with Crippen molar-refractivity contribution in [2.24, 2.45) is 0 Å². The van der Waals surface area contributed by atoms with Gasteiger partial charge in [0.05, 0.1) is 0 Å². The molecule has 43 heavy (non-hydrogen) atoms. The zero-order valence-electron chi connectivity index (χ0n) is 30.1. The van der Waals surface area contributed by atoms with E-state index in [1.54, 1.807) is 0 Å². The summed E-state index contributed by atoms with van der Waals surface area (Å²) in [4.78, 5) is 0. The average molecular weight is 605 g/mol. The molecule has 0 saturated heterocycles. The van der Waals surface area contributed by atoms with Gasteiger partial charge in [-0.05, 0) is 67.4 Å². The lowest BCUT2D eigenvalue weighted by atomic mass is 9.78. The van der Waals surface area contributed by atoms with Gasteiger partial charge in [0.15, 0.2) is 0 Å². The van der Waals surface area contributed by atoms with Crippen LogP contribution >= 0.6 is 8.60 Å². The van der Waals surface area contributed by atoms with Gasteiger partial charge in [0.25, 0.3) is 0 Å². The Labute approximate surface area is 264 Å². The van der Waals surface area contributed by atoms with E-state index in [9.17, 15) is 0 Å². The molecule has 0 aliphatic heterocycles. The molecule has 0 fully saturated rings. The second kappa shape index (κ2) is 12.1. The Balaban J connectivity index is 2.34. The summed E-state index contributed by atoms with van der Waals surface area (Å²) in [5.41, 5.74) is 9.90. The topological polar surface area (TPSA) is 27.7 Å². The third kappa shape index (κ3) is 8.36. The highest BCUT2D eigenvalue weighted by molar-refractivity contribution is 7.43. The fourth-order valence-corrected chi connectivity index (χ4v) is 6.77. The lowest BCUT2D eigenvalue weighted by Crippen LogP contribution is -2.21. The summed E-state index contributed by atoms with van der Waals surface area (Å²) in [6, 6.07) is 13.4. The van der Waals surface area contributed by atoms with Crippen molar-refractivity contribution in [2.75, 3.05) is 0 Å². The highest BCUT2D eigenvalue weighted by Crippen LogP contribution is 2.52. The van der Waals surface area contributed by atoms with Gasteiger partial charge in [-0.1, -0.05) is 136 Å². The molecule has 0 radical (unpaired) electrons. The molecule has 3 aromatic carbocycles. The fourth-order valence-electron chi connectivity index (χ4n) is 5.53. The van der Waals surface area contributed by atoms with Crippen LogP contribution in [0.25, 0.3) is 0 Å². The first-order chi connectivity index (χ1) is 19.4. The van der Waals surface area contributed by atoms with Crippen molar-refractivity contribution in [3.8, 4) is 17.2 Å². The van der Waals surface area contributed by atoms with E-state index in [0.717, 1.165) is 50.6 Å². The van der Waals surface area contributed by atoms with Crippen LogP contribution in [0.3, 0.4) is 0 Å². The van der Waals surface area contributed by atoms with E-state index in [0.29, 0.717) is 0 Å². The minimum Gasteiger partial charge on any atom is -0.408 e. The maximum absolute atomic E-state index is 7.12. The van der Waals surface area contributed by atoms with Gasteiger partial charge in [0, 0.05) is 22.3 Å². The zero-order valence-corrected chi connectivity index (χ0v) is 31.0. The van der Waals surface area contributed by atoms with Gasteiger partial charge in [-0.15, -0.1) is 0 Å². The summed E-state index contributed by atoms with van der Waals surface area (Å²) in [7, 11) is -1.90. The van der Waals surface area contributed by atoms with Gasteiger partial charge >= 0.3 is 8.60 Å². The molecule has 0 spiro atoms. The van der Waals surface area contributed by atoms with Gasteiger partial charge in [-0.3, -0.25) is 0 Å². The van der Waals surface area contributed by atoms with Crippen molar-refractivity contribution < 1.29 is 13.6 Å². The lowest BCUT2D eigenvalue weighted by Gasteiger charge is -2.33. The molecule has 0 saturated carbocycles. The fraction of sp³-hybridized carbons (Fsp3) is 0.538. The zero-order chi connectivity index (χ0) is 32.9. The van der Waals surface area contributed by atoms with Crippen molar-refractivity contribution in [1.82, 2.24) is 0 Å². The summed E-state index contributed by atoms with van der Waals surface area (Å²) in [6.45, 7) is 37.6. The molecule has 0 amide bonds. The highest BCUT2D eigenvalue weighted by atomic mass is 31.2. The molecule has 0 unspecified atom stereocenters. The molecule has 0 heterocycles. The summed E-state index contributed by atoms with van der Waals surface area (Å²) >= 11 is 0. The Morgan fingerprint density at radius 3 is 0.884 bits per heavy atom. The first-order valence-electron chi connectivity index (χ1n) is 15.6. The molecule has 3 nitrogen and oxygen atoms in total. The quantitative estimate of drug-likeness (QED) is 0.262. The number of rotatable bonds is 6. The predicted octanol–water partition coefficient (Wildman–Crippen LogP) is 12.2. The van der Waals surface area contributed by atoms with E-state index in [1.807, 2.05) is 0 Å². The largest absolute Gasteiger partial charge is 0.530 e. The molecule has 236 valence electrons. The molecule has 0 aliphatic rings. The maximum Gasteiger partial charge on any atom is 0.530 e. The summed E-state index contributed by atoms with van der Waals surface area (Å²) in [6.07, 6.45) is 0. The van der Waals surface area contributed by atoms with Crippen LogP contribution in [0, 0.1) is 34.6 Å². The van der Waals surface area contributed by atoms with Crippen molar-refractivity contribution in [2.45, 2.75) is 139 Å². The smallest absolute Gasteiger partial charge is 0.408 e. The molecular formula is C39H57O3P. The number of hydrogen-bond acceptors (Lipinski definition) is 3. The van der Waals surface area contributed by atoms with Crippen LogP contribution < -0.4 is 13.6 Å². The van der Waals surface area contributed by atoms with Crippen molar-refractivity contribution >= 4 is 8.60 Å². The predicted molar refractivity (Wildman–Crippen MR) is 187 cm³/mol. The van der Waals surface area contributed by atoms with E-state index in [4.69, 9.17) is 13.6 Å². The Morgan fingerprint density at radius 1 is 0.372 bits per heavy atom. The first kappa shape index (κ1) is 35.0. The molecule has 0 atom stereocenters. The standard InChI is InChI=1S/C39H57O3P/c1-24-18-27(4)33(29(20-24)36(6,7)8)40-43(41-34-28(5)19-25(2)21-30(34)37(9,10)11)42-35-31(38(12,13)14)22-26(3)23-32(35)39(15,16)17/h18-23H,1-17H3. The van der Waals surface area contributed by atoms with E-state index in [2.05, 4.69) is 154 Å². The summed E-state index contributed by atoms with van der Waals surface area (Å²) in [5.74, 6) is 2.54. The minimum atomic E-state index is -1.90. The van der Waals surface area contributed by atoms with Crippen LogP contribution in [0.15, 0.2) is 36.4 Å². The van der Waals surface area contributed by atoms with Crippen LogP contribution in [0.2, 0.25) is 0 Å². The van der Waals surface area contributed by atoms with Crippen LogP contribution in [-0.2, 0) is 21.7 Å². The Hall–Kier alpha value is -2.51. The molecule has 4 heteroatoms. The number of aryl methyl sites for hydroxylation is 5. The van der Waals surface area contributed by atoms with Crippen molar-refractivity contribution in [3.63, 3.8) is 0 Å². The third-order valence-corrected chi connectivity index (χ3v) is 8.80. The molecular weight excluding hydrogens is 547 g/mol. The van der Waals surface area contributed by atoms with Crippen LogP contribution in [0.1, 0.15) is 133 Å². The Morgan fingerprint density at radius 2 is 0.605 bits per heavy atom. The molecule has 0 bridgehead atoms. The van der Waals surface area contributed by atoms with Gasteiger partial charge in [-0.25, -0.2) is 0 Å². The van der Waals surface area contributed by atoms with E-state index >= 15 is 0 Å². The van der Waals surface area contributed by atoms with E-state index < -0.39 is 8.60 Å². The molecule has 3 aromatic rings. The monoisotopic (exact) mass is 604 g/mol. The molecule has 0 N–H and O–H groups in total. The normalized spacial score (nSPS) is 13.0. The Bertz CT molecular complexity index is 1360. The minimum absolute atomic E-state index is 0.125. The number of hydrogen-bond donors (Lipinski definition) is 0. The third-order valence-electron chi connectivity index (χ3n) is 7.80. The van der Waals surface area contributed by atoms with Gasteiger partial charge < -0.3 is 13.6 Å². The second-order valence-electron chi connectivity index (χ2n) is 16.6. The highest BCUT2D eigenvalue weighted by Gasteiger charge is 2.34. The summed E-state index contributed by atoms with van der Waals surface area (Å²) in [5, 5.41) is 0. The van der Waals surface area contributed by atoms with Crippen molar-refractivity contribution in [3.05, 3.63) is 86.5 Å². The first-order valence-corrected chi connectivity index (χ1v) is 16.7. The molecule has 3 rings (SSSR count). The van der Waals surface area contributed by atoms with Crippen LogP contribution in [0.4, 0.5) is 0 Å².